The fourth-order valence-corrected chi connectivity index (χ4v) is 5.20. The SMILES string of the molecule is CN(C)Cc1ccc(S(=O)(=O)N(C)C2CC3CCC(C2)N3)cc1.Cl. The molecule has 2 aliphatic heterocycles. The average Bonchev–Trinajstić information content (AvgIpc) is 2.84. The van der Waals surface area contributed by atoms with Crippen LogP contribution < -0.4 is 5.32 Å². The van der Waals surface area contributed by atoms with Crippen LogP contribution in [0.15, 0.2) is 29.2 Å². The number of piperidine rings is 1. The van der Waals surface area contributed by atoms with Crippen molar-refractivity contribution in [3.05, 3.63) is 29.8 Å². The van der Waals surface area contributed by atoms with Gasteiger partial charge in [-0.2, -0.15) is 4.31 Å². The lowest BCUT2D eigenvalue weighted by Crippen LogP contribution is -2.48. The van der Waals surface area contributed by atoms with Crippen molar-refractivity contribution in [3.8, 4) is 0 Å². The van der Waals surface area contributed by atoms with Crippen LogP contribution in [0.4, 0.5) is 0 Å². The van der Waals surface area contributed by atoms with Crippen LogP contribution in [-0.2, 0) is 16.6 Å². The Morgan fingerprint density at radius 2 is 1.58 bits per heavy atom. The van der Waals surface area contributed by atoms with Crippen LogP contribution in [0.25, 0.3) is 0 Å². The lowest BCUT2D eigenvalue weighted by Gasteiger charge is -2.34. The maximum Gasteiger partial charge on any atom is 0.243 e. The van der Waals surface area contributed by atoms with E-state index in [1.165, 1.54) is 12.8 Å². The highest BCUT2D eigenvalue weighted by Gasteiger charge is 2.38. The summed E-state index contributed by atoms with van der Waals surface area (Å²) in [6.45, 7) is 0.813. The van der Waals surface area contributed by atoms with Gasteiger partial charge >= 0.3 is 0 Å². The summed E-state index contributed by atoms with van der Waals surface area (Å²) >= 11 is 0. The molecular weight excluding hydrogens is 346 g/mol. The minimum atomic E-state index is -3.41. The molecule has 1 aromatic carbocycles. The van der Waals surface area contributed by atoms with E-state index in [1.54, 1.807) is 23.5 Å². The Balaban J connectivity index is 0.00000208. The van der Waals surface area contributed by atoms with Gasteiger partial charge in [-0.05, 0) is 57.5 Å². The zero-order valence-corrected chi connectivity index (χ0v) is 16.2. The maximum absolute atomic E-state index is 12.9. The highest BCUT2D eigenvalue weighted by atomic mass is 35.5. The molecule has 136 valence electrons. The number of rotatable bonds is 5. The van der Waals surface area contributed by atoms with Gasteiger partial charge in [-0.25, -0.2) is 8.42 Å². The van der Waals surface area contributed by atoms with Crippen molar-refractivity contribution >= 4 is 22.4 Å². The van der Waals surface area contributed by atoms with E-state index >= 15 is 0 Å². The van der Waals surface area contributed by atoms with Gasteiger partial charge in [-0.3, -0.25) is 0 Å². The standard InChI is InChI=1S/C17H27N3O2S.ClH/c1-19(2)12-13-4-8-17(9-5-13)23(21,22)20(3)16-10-14-6-7-15(11-16)18-14;/h4-5,8-9,14-16,18H,6-7,10-12H2,1-3H3;1H. The lowest BCUT2D eigenvalue weighted by molar-refractivity contribution is 0.251. The molecule has 2 bridgehead atoms. The Bertz CT molecular complexity index is 636. The normalized spacial score (nSPS) is 26.6. The minimum Gasteiger partial charge on any atom is -0.311 e. The summed E-state index contributed by atoms with van der Waals surface area (Å²) in [5.41, 5.74) is 1.12. The average molecular weight is 374 g/mol. The second-order valence-corrected chi connectivity index (χ2v) is 9.16. The first kappa shape index (κ1) is 19.7. The van der Waals surface area contributed by atoms with Crippen LogP contribution in [-0.4, -0.2) is 56.9 Å². The molecule has 2 heterocycles. The molecule has 0 amide bonds. The zero-order valence-electron chi connectivity index (χ0n) is 14.6. The summed E-state index contributed by atoms with van der Waals surface area (Å²) in [6.07, 6.45) is 4.19. The van der Waals surface area contributed by atoms with Crippen LogP contribution in [0.1, 0.15) is 31.2 Å². The van der Waals surface area contributed by atoms with Crippen molar-refractivity contribution in [2.45, 2.75) is 55.2 Å². The van der Waals surface area contributed by atoms with E-state index in [4.69, 9.17) is 0 Å². The van der Waals surface area contributed by atoms with E-state index in [2.05, 4.69) is 10.2 Å². The summed E-state index contributed by atoms with van der Waals surface area (Å²) in [5, 5.41) is 3.57. The summed E-state index contributed by atoms with van der Waals surface area (Å²) in [6, 6.07) is 8.37. The van der Waals surface area contributed by atoms with Crippen LogP contribution in [0.3, 0.4) is 0 Å². The minimum absolute atomic E-state index is 0. The van der Waals surface area contributed by atoms with Crippen LogP contribution in [0.2, 0.25) is 0 Å². The number of nitrogens with zero attached hydrogens (tertiary/aromatic N) is 2. The Morgan fingerprint density at radius 3 is 2.08 bits per heavy atom. The smallest absolute Gasteiger partial charge is 0.243 e. The van der Waals surface area contributed by atoms with Crippen molar-refractivity contribution in [2.75, 3.05) is 21.1 Å². The van der Waals surface area contributed by atoms with Gasteiger partial charge < -0.3 is 10.2 Å². The fourth-order valence-electron chi connectivity index (χ4n) is 3.82. The summed E-state index contributed by atoms with van der Waals surface area (Å²) < 4.78 is 27.4. The van der Waals surface area contributed by atoms with Gasteiger partial charge in [0.2, 0.25) is 10.0 Å². The van der Waals surface area contributed by atoms with E-state index in [1.807, 2.05) is 26.2 Å². The van der Waals surface area contributed by atoms with Crippen molar-refractivity contribution in [1.29, 1.82) is 0 Å². The van der Waals surface area contributed by atoms with Crippen LogP contribution >= 0.6 is 12.4 Å². The maximum atomic E-state index is 12.9. The van der Waals surface area contributed by atoms with E-state index in [0.717, 1.165) is 24.9 Å². The van der Waals surface area contributed by atoms with Gasteiger partial charge in [0.25, 0.3) is 0 Å². The predicted octanol–water partition coefficient (Wildman–Crippen LogP) is 2.07. The van der Waals surface area contributed by atoms with Crippen LogP contribution in [0, 0.1) is 0 Å². The molecule has 0 spiro atoms. The molecule has 2 saturated heterocycles. The Kier molecular flexibility index (Phi) is 6.31. The van der Waals surface area contributed by atoms with E-state index in [0.29, 0.717) is 17.0 Å². The van der Waals surface area contributed by atoms with Gasteiger partial charge in [0.1, 0.15) is 0 Å². The number of nitrogens with one attached hydrogen (secondary N) is 1. The van der Waals surface area contributed by atoms with E-state index in [9.17, 15) is 8.42 Å². The molecule has 2 unspecified atom stereocenters. The Morgan fingerprint density at radius 1 is 1.04 bits per heavy atom. The predicted molar refractivity (Wildman–Crippen MR) is 99.0 cm³/mol. The highest BCUT2D eigenvalue weighted by Crippen LogP contribution is 2.31. The second kappa shape index (κ2) is 7.70. The number of hydrogen-bond acceptors (Lipinski definition) is 4. The molecule has 0 radical (unpaired) electrons. The first-order valence-electron chi connectivity index (χ1n) is 8.34. The number of benzene rings is 1. The first-order chi connectivity index (χ1) is 10.9. The monoisotopic (exact) mass is 373 g/mol. The van der Waals surface area contributed by atoms with Crippen molar-refractivity contribution < 1.29 is 8.42 Å². The molecule has 7 heteroatoms. The van der Waals surface area contributed by atoms with Crippen LogP contribution in [0.5, 0.6) is 0 Å². The zero-order chi connectivity index (χ0) is 16.6. The highest BCUT2D eigenvalue weighted by molar-refractivity contribution is 7.89. The lowest BCUT2D eigenvalue weighted by atomic mass is 10.0. The number of fused-ring (bicyclic) bond motifs is 2. The third kappa shape index (κ3) is 4.11. The topological polar surface area (TPSA) is 52.7 Å². The molecule has 5 nitrogen and oxygen atoms in total. The van der Waals surface area contributed by atoms with E-state index in [-0.39, 0.29) is 18.4 Å². The van der Waals surface area contributed by atoms with Gasteiger partial charge in [0.05, 0.1) is 4.90 Å². The third-order valence-corrected chi connectivity index (χ3v) is 6.99. The van der Waals surface area contributed by atoms with Gasteiger partial charge in [0.15, 0.2) is 0 Å². The summed E-state index contributed by atoms with van der Waals surface area (Å²) in [7, 11) is 2.33. The summed E-state index contributed by atoms with van der Waals surface area (Å²) in [4.78, 5) is 2.47. The molecule has 2 aliphatic rings. The van der Waals surface area contributed by atoms with Crippen molar-refractivity contribution in [3.63, 3.8) is 0 Å². The fraction of sp³-hybridized carbons (Fsp3) is 0.647. The Labute approximate surface area is 151 Å². The van der Waals surface area contributed by atoms with Gasteiger partial charge in [-0.15, -0.1) is 12.4 Å². The molecule has 2 atom stereocenters. The quantitative estimate of drug-likeness (QED) is 0.858. The van der Waals surface area contributed by atoms with Gasteiger partial charge in [0, 0.05) is 31.7 Å². The number of halogens is 1. The summed E-state index contributed by atoms with van der Waals surface area (Å²) in [5.74, 6) is 0. The molecule has 0 saturated carbocycles. The molecule has 1 N–H and O–H groups in total. The molecule has 0 aliphatic carbocycles. The van der Waals surface area contributed by atoms with Crippen molar-refractivity contribution in [1.82, 2.24) is 14.5 Å². The third-order valence-electron chi connectivity index (χ3n) is 5.06. The van der Waals surface area contributed by atoms with Crippen molar-refractivity contribution in [2.24, 2.45) is 0 Å². The molecule has 0 aromatic heterocycles. The van der Waals surface area contributed by atoms with E-state index < -0.39 is 10.0 Å². The molecule has 1 aromatic rings. The molecular formula is C17H28ClN3O2S. The van der Waals surface area contributed by atoms with Gasteiger partial charge in [-0.1, -0.05) is 12.1 Å². The largest absolute Gasteiger partial charge is 0.311 e. The molecule has 2 fully saturated rings. The number of hydrogen-bond donors (Lipinski definition) is 1. The second-order valence-electron chi connectivity index (χ2n) is 7.17. The first-order valence-corrected chi connectivity index (χ1v) is 9.78. The Hall–Kier alpha value is -0.660. The molecule has 24 heavy (non-hydrogen) atoms. The number of sulfonamides is 1. The molecule has 3 rings (SSSR count).